The minimum absolute atomic E-state index is 0.113. The van der Waals surface area contributed by atoms with Crippen molar-refractivity contribution >= 4 is 11.8 Å². The molecule has 1 atom stereocenters. The Hall–Kier alpha value is -1.65. The maximum absolute atomic E-state index is 10.9. The van der Waals surface area contributed by atoms with Gasteiger partial charge in [-0.1, -0.05) is 0 Å². The number of carboxylic acids is 1. The highest BCUT2D eigenvalue weighted by Crippen LogP contribution is 2.23. The molecule has 0 aliphatic carbocycles. The molecule has 2 rings (SSSR count). The van der Waals surface area contributed by atoms with Crippen molar-refractivity contribution in [1.82, 2.24) is 9.97 Å². The number of aryl methyl sites for hydroxylation is 1. The summed E-state index contributed by atoms with van der Waals surface area (Å²) in [6, 6.07) is 2.27. The van der Waals surface area contributed by atoms with E-state index in [1.165, 1.54) is 6.42 Å². The SMILES string of the molecule is Cc1cc(N2CCCCC2C)nc(C(=O)O)n1. The Labute approximate surface area is 100 Å². The molecule has 0 aromatic carbocycles. The maximum Gasteiger partial charge on any atom is 0.374 e. The minimum Gasteiger partial charge on any atom is -0.475 e. The summed E-state index contributed by atoms with van der Waals surface area (Å²) < 4.78 is 0. The minimum atomic E-state index is -1.07. The summed E-state index contributed by atoms with van der Waals surface area (Å²) in [5, 5.41) is 8.95. The van der Waals surface area contributed by atoms with Crippen LogP contribution in [0.1, 0.15) is 42.5 Å². The molecule has 1 aliphatic rings. The molecule has 0 radical (unpaired) electrons. The zero-order valence-electron chi connectivity index (χ0n) is 10.2. The summed E-state index contributed by atoms with van der Waals surface area (Å²) in [5.74, 6) is -0.445. The number of hydrogen-bond donors (Lipinski definition) is 1. The second-order valence-corrected chi connectivity index (χ2v) is 4.53. The Kier molecular flexibility index (Phi) is 3.26. The monoisotopic (exact) mass is 235 g/mol. The van der Waals surface area contributed by atoms with Crippen molar-refractivity contribution in [2.75, 3.05) is 11.4 Å². The highest BCUT2D eigenvalue weighted by Gasteiger charge is 2.21. The topological polar surface area (TPSA) is 66.3 Å². The Bertz CT molecular complexity index is 434. The van der Waals surface area contributed by atoms with Gasteiger partial charge in [-0.05, 0) is 33.1 Å². The van der Waals surface area contributed by atoms with Crippen molar-refractivity contribution in [3.05, 3.63) is 17.6 Å². The molecule has 0 amide bonds. The first-order valence-corrected chi connectivity index (χ1v) is 5.93. The van der Waals surface area contributed by atoms with Crippen LogP contribution in [0.2, 0.25) is 0 Å². The van der Waals surface area contributed by atoms with Crippen molar-refractivity contribution in [2.45, 2.75) is 39.2 Å². The third-order valence-corrected chi connectivity index (χ3v) is 3.13. The van der Waals surface area contributed by atoms with Gasteiger partial charge >= 0.3 is 5.97 Å². The van der Waals surface area contributed by atoms with Crippen molar-refractivity contribution in [1.29, 1.82) is 0 Å². The molecule has 0 saturated carbocycles. The summed E-state index contributed by atoms with van der Waals surface area (Å²) in [4.78, 5) is 21.1. The smallest absolute Gasteiger partial charge is 0.374 e. The Morgan fingerprint density at radius 2 is 2.24 bits per heavy atom. The van der Waals surface area contributed by atoms with E-state index in [1.54, 1.807) is 6.92 Å². The molecule has 1 aromatic rings. The van der Waals surface area contributed by atoms with Gasteiger partial charge in [0.15, 0.2) is 0 Å². The summed E-state index contributed by atoms with van der Waals surface area (Å²) in [6.07, 6.45) is 3.49. The van der Waals surface area contributed by atoms with E-state index in [0.717, 1.165) is 25.2 Å². The lowest BCUT2D eigenvalue weighted by molar-refractivity contribution is 0.0683. The van der Waals surface area contributed by atoms with Gasteiger partial charge < -0.3 is 10.0 Å². The third kappa shape index (κ3) is 2.54. The predicted molar refractivity (Wildman–Crippen MR) is 64.4 cm³/mol. The van der Waals surface area contributed by atoms with Gasteiger partial charge in [0, 0.05) is 24.3 Å². The van der Waals surface area contributed by atoms with Crippen LogP contribution in [0.15, 0.2) is 6.07 Å². The van der Waals surface area contributed by atoms with Crippen LogP contribution >= 0.6 is 0 Å². The molecule has 2 heterocycles. The van der Waals surface area contributed by atoms with Gasteiger partial charge in [0.25, 0.3) is 0 Å². The largest absolute Gasteiger partial charge is 0.475 e. The van der Waals surface area contributed by atoms with Crippen LogP contribution in [-0.2, 0) is 0 Å². The fourth-order valence-corrected chi connectivity index (χ4v) is 2.23. The van der Waals surface area contributed by atoms with Crippen LogP contribution in [-0.4, -0.2) is 33.6 Å². The van der Waals surface area contributed by atoms with Crippen LogP contribution in [0.3, 0.4) is 0 Å². The normalized spacial score (nSPS) is 20.4. The summed E-state index contributed by atoms with van der Waals surface area (Å²) >= 11 is 0. The first-order chi connectivity index (χ1) is 8.08. The van der Waals surface area contributed by atoms with Crippen LogP contribution in [0.4, 0.5) is 5.82 Å². The quantitative estimate of drug-likeness (QED) is 0.847. The molecule has 1 aliphatic heterocycles. The Morgan fingerprint density at radius 3 is 2.88 bits per heavy atom. The number of carbonyl (C=O) groups is 1. The van der Waals surface area contributed by atoms with E-state index in [-0.39, 0.29) is 5.82 Å². The van der Waals surface area contributed by atoms with E-state index in [4.69, 9.17) is 5.11 Å². The zero-order chi connectivity index (χ0) is 12.4. The molecule has 1 unspecified atom stereocenters. The molecular formula is C12H17N3O2. The van der Waals surface area contributed by atoms with Crippen molar-refractivity contribution in [2.24, 2.45) is 0 Å². The second kappa shape index (κ2) is 4.69. The van der Waals surface area contributed by atoms with Crippen LogP contribution in [0.25, 0.3) is 0 Å². The van der Waals surface area contributed by atoms with Gasteiger partial charge in [-0.3, -0.25) is 0 Å². The van der Waals surface area contributed by atoms with Crippen LogP contribution in [0, 0.1) is 6.92 Å². The van der Waals surface area contributed by atoms with Gasteiger partial charge in [-0.2, -0.15) is 0 Å². The van der Waals surface area contributed by atoms with Crippen molar-refractivity contribution < 1.29 is 9.90 Å². The van der Waals surface area contributed by atoms with Crippen LogP contribution < -0.4 is 4.90 Å². The fraction of sp³-hybridized carbons (Fsp3) is 0.583. The number of aromatic carboxylic acids is 1. The molecule has 0 bridgehead atoms. The van der Waals surface area contributed by atoms with E-state index in [1.807, 2.05) is 6.07 Å². The lowest BCUT2D eigenvalue weighted by Crippen LogP contribution is -2.38. The highest BCUT2D eigenvalue weighted by atomic mass is 16.4. The van der Waals surface area contributed by atoms with E-state index >= 15 is 0 Å². The van der Waals surface area contributed by atoms with E-state index in [2.05, 4.69) is 21.8 Å². The lowest BCUT2D eigenvalue weighted by atomic mass is 10.0. The molecular weight excluding hydrogens is 218 g/mol. The number of carboxylic acid groups (broad SMARTS) is 1. The molecule has 92 valence electrons. The number of nitrogens with zero attached hydrogens (tertiary/aromatic N) is 3. The zero-order valence-corrected chi connectivity index (χ0v) is 10.2. The summed E-state index contributed by atoms with van der Waals surface area (Å²) in [6.45, 7) is 4.89. The number of hydrogen-bond acceptors (Lipinski definition) is 4. The van der Waals surface area contributed by atoms with Gasteiger partial charge in [-0.15, -0.1) is 0 Å². The number of rotatable bonds is 2. The van der Waals surface area contributed by atoms with Crippen LogP contribution in [0.5, 0.6) is 0 Å². The standard InChI is InChI=1S/C12H17N3O2/c1-8-7-10(14-11(13-8)12(16)17)15-6-4-3-5-9(15)2/h7,9H,3-6H2,1-2H3,(H,16,17). The lowest BCUT2D eigenvalue weighted by Gasteiger charge is -2.34. The molecule has 1 saturated heterocycles. The molecule has 5 heteroatoms. The van der Waals surface area contributed by atoms with E-state index in [9.17, 15) is 4.79 Å². The predicted octanol–water partition coefficient (Wildman–Crippen LogP) is 1.86. The number of anilines is 1. The molecule has 1 fully saturated rings. The van der Waals surface area contributed by atoms with Gasteiger partial charge in [0.05, 0.1) is 0 Å². The van der Waals surface area contributed by atoms with Gasteiger partial charge in [0.2, 0.25) is 5.82 Å². The number of aromatic nitrogens is 2. The van der Waals surface area contributed by atoms with Crippen molar-refractivity contribution in [3.8, 4) is 0 Å². The van der Waals surface area contributed by atoms with Crippen molar-refractivity contribution in [3.63, 3.8) is 0 Å². The Balaban J connectivity index is 2.33. The molecule has 1 aromatic heterocycles. The van der Waals surface area contributed by atoms with E-state index in [0.29, 0.717) is 11.7 Å². The fourth-order valence-electron chi connectivity index (χ4n) is 2.23. The average Bonchev–Trinajstić information content (AvgIpc) is 2.28. The third-order valence-electron chi connectivity index (χ3n) is 3.13. The first-order valence-electron chi connectivity index (χ1n) is 5.93. The first kappa shape index (κ1) is 11.8. The summed E-state index contributed by atoms with van der Waals surface area (Å²) in [5.41, 5.74) is 0.699. The summed E-state index contributed by atoms with van der Waals surface area (Å²) in [7, 11) is 0. The number of piperidine rings is 1. The molecule has 17 heavy (non-hydrogen) atoms. The van der Waals surface area contributed by atoms with E-state index < -0.39 is 5.97 Å². The maximum atomic E-state index is 10.9. The molecule has 1 N–H and O–H groups in total. The molecule has 0 spiro atoms. The second-order valence-electron chi connectivity index (χ2n) is 4.53. The highest BCUT2D eigenvalue weighted by molar-refractivity contribution is 5.83. The Morgan fingerprint density at radius 1 is 1.47 bits per heavy atom. The molecule has 5 nitrogen and oxygen atoms in total. The average molecular weight is 235 g/mol. The van der Waals surface area contributed by atoms with Gasteiger partial charge in [0.1, 0.15) is 5.82 Å². The van der Waals surface area contributed by atoms with Gasteiger partial charge in [-0.25, -0.2) is 14.8 Å².